The summed E-state index contributed by atoms with van der Waals surface area (Å²) in [5, 5.41) is 4.45. The van der Waals surface area contributed by atoms with Crippen molar-refractivity contribution in [2.45, 2.75) is 6.92 Å². The summed E-state index contributed by atoms with van der Waals surface area (Å²) in [6, 6.07) is 3.95. The number of anilines is 1. The predicted molar refractivity (Wildman–Crippen MR) is 74.2 cm³/mol. The smallest absolute Gasteiger partial charge is 0.257 e. The highest BCUT2D eigenvalue weighted by Crippen LogP contribution is 2.20. The zero-order valence-corrected chi connectivity index (χ0v) is 12.1. The van der Waals surface area contributed by atoms with E-state index in [4.69, 9.17) is 0 Å². The van der Waals surface area contributed by atoms with Crippen LogP contribution in [0.15, 0.2) is 28.1 Å². The Hall–Kier alpha value is -1.60. The monoisotopic (exact) mass is 342 g/mol. The Morgan fingerprint density at radius 1 is 1.42 bits per heavy atom. The highest BCUT2D eigenvalue weighted by molar-refractivity contribution is 9.10. The number of amides is 1. The van der Waals surface area contributed by atoms with Gasteiger partial charge in [-0.1, -0.05) is 0 Å². The number of aromatic nitrogens is 1. The van der Waals surface area contributed by atoms with E-state index in [2.05, 4.69) is 26.2 Å². The lowest BCUT2D eigenvalue weighted by atomic mass is 10.2. The van der Waals surface area contributed by atoms with Crippen molar-refractivity contribution >= 4 is 44.1 Å². The number of carbonyl (C=O) groups is 2. The molecular formula is C12H8BrFN2O2S. The molecule has 0 aliphatic carbocycles. The Balaban J connectivity index is 2.15. The number of carbonyl (C=O) groups excluding carboxylic acids is 2. The average molecular weight is 343 g/mol. The highest BCUT2D eigenvalue weighted by Gasteiger charge is 2.12. The third kappa shape index (κ3) is 3.24. The van der Waals surface area contributed by atoms with Gasteiger partial charge in [0.1, 0.15) is 11.5 Å². The zero-order chi connectivity index (χ0) is 14.0. The lowest BCUT2D eigenvalue weighted by Gasteiger charge is -2.02. The number of ketones is 1. The van der Waals surface area contributed by atoms with E-state index in [0.29, 0.717) is 16.4 Å². The second-order valence-corrected chi connectivity index (χ2v) is 5.39. The molecule has 0 unspecified atom stereocenters. The molecule has 0 aliphatic rings. The first-order chi connectivity index (χ1) is 8.97. The average Bonchev–Trinajstić information content (AvgIpc) is 2.81. The molecular weight excluding hydrogens is 335 g/mol. The third-order valence-electron chi connectivity index (χ3n) is 2.27. The fourth-order valence-electron chi connectivity index (χ4n) is 1.30. The van der Waals surface area contributed by atoms with E-state index in [1.165, 1.54) is 25.1 Å². The van der Waals surface area contributed by atoms with Gasteiger partial charge < -0.3 is 0 Å². The molecule has 7 heteroatoms. The number of nitrogens with one attached hydrogen (secondary N) is 1. The van der Waals surface area contributed by atoms with E-state index in [1.54, 1.807) is 5.38 Å². The predicted octanol–water partition coefficient (Wildman–Crippen LogP) is 3.50. The number of hydrogen-bond acceptors (Lipinski definition) is 4. The largest absolute Gasteiger partial charge is 0.298 e. The van der Waals surface area contributed by atoms with Crippen molar-refractivity contribution in [2.24, 2.45) is 0 Å². The molecule has 0 saturated heterocycles. The number of halogens is 2. The minimum absolute atomic E-state index is 0.165. The Labute approximate surface area is 120 Å². The normalized spacial score (nSPS) is 10.3. The molecule has 1 N–H and O–H groups in total. The van der Waals surface area contributed by atoms with E-state index in [0.717, 1.165) is 11.3 Å². The quantitative estimate of drug-likeness (QED) is 0.868. The van der Waals surface area contributed by atoms with Gasteiger partial charge in [-0.05, 0) is 34.1 Å². The molecule has 98 valence electrons. The maximum atomic E-state index is 13.1. The van der Waals surface area contributed by atoms with Crippen LogP contribution in [-0.2, 0) is 0 Å². The van der Waals surface area contributed by atoms with Gasteiger partial charge in [-0.2, -0.15) is 0 Å². The Morgan fingerprint density at radius 3 is 2.74 bits per heavy atom. The van der Waals surface area contributed by atoms with Crippen molar-refractivity contribution in [3.63, 3.8) is 0 Å². The number of hydrogen-bond donors (Lipinski definition) is 1. The summed E-state index contributed by atoms with van der Waals surface area (Å²) in [4.78, 5) is 26.9. The van der Waals surface area contributed by atoms with Crippen LogP contribution in [0, 0.1) is 5.82 Å². The number of nitrogens with zero attached hydrogens (tertiary/aromatic N) is 1. The van der Waals surface area contributed by atoms with Crippen LogP contribution in [0.5, 0.6) is 0 Å². The van der Waals surface area contributed by atoms with Gasteiger partial charge in [-0.25, -0.2) is 9.37 Å². The van der Waals surface area contributed by atoms with Crippen LogP contribution in [0.3, 0.4) is 0 Å². The molecule has 0 saturated carbocycles. The van der Waals surface area contributed by atoms with Gasteiger partial charge in [0, 0.05) is 17.9 Å². The zero-order valence-electron chi connectivity index (χ0n) is 9.74. The van der Waals surface area contributed by atoms with Crippen molar-refractivity contribution in [3.05, 3.63) is 45.1 Å². The summed E-state index contributed by atoms with van der Waals surface area (Å²) in [6.07, 6.45) is 0. The molecule has 2 rings (SSSR count). The van der Waals surface area contributed by atoms with Gasteiger partial charge in [-0.3, -0.25) is 14.9 Å². The van der Waals surface area contributed by atoms with Crippen molar-refractivity contribution < 1.29 is 14.0 Å². The molecule has 0 spiro atoms. The Kier molecular flexibility index (Phi) is 4.06. The summed E-state index contributed by atoms with van der Waals surface area (Å²) in [5.74, 6) is -1.02. The SMILES string of the molecule is CC(=O)c1csc(NC(=O)c2ccc(F)c(Br)c2)n1. The summed E-state index contributed by atoms with van der Waals surface area (Å²) < 4.78 is 13.3. The molecule has 2 aromatic rings. The van der Waals surface area contributed by atoms with Gasteiger partial charge in [0.15, 0.2) is 10.9 Å². The number of rotatable bonds is 3. The maximum Gasteiger partial charge on any atom is 0.257 e. The fourth-order valence-corrected chi connectivity index (χ4v) is 2.42. The molecule has 4 nitrogen and oxygen atoms in total. The standard InChI is InChI=1S/C12H8BrFN2O2S/c1-6(17)10-5-19-12(15-10)16-11(18)7-2-3-9(14)8(13)4-7/h2-5H,1H3,(H,15,16,18). The molecule has 1 amide bonds. The Morgan fingerprint density at radius 2 is 2.16 bits per heavy atom. The van der Waals surface area contributed by atoms with Crippen molar-refractivity contribution in [1.29, 1.82) is 0 Å². The molecule has 1 heterocycles. The molecule has 1 aromatic carbocycles. The Bertz CT molecular complexity index is 657. The third-order valence-corrected chi connectivity index (χ3v) is 3.63. The first-order valence-corrected chi connectivity index (χ1v) is 6.87. The second-order valence-electron chi connectivity index (χ2n) is 3.68. The molecule has 0 aliphatic heterocycles. The van der Waals surface area contributed by atoms with E-state index in [1.807, 2.05) is 0 Å². The van der Waals surface area contributed by atoms with Crippen LogP contribution in [0.1, 0.15) is 27.8 Å². The molecule has 0 radical (unpaired) electrons. The molecule has 1 aromatic heterocycles. The van der Waals surface area contributed by atoms with Crippen molar-refractivity contribution in [2.75, 3.05) is 5.32 Å². The van der Waals surface area contributed by atoms with Crippen LogP contribution in [0.4, 0.5) is 9.52 Å². The van der Waals surface area contributed by atoms with Gasteiger partial charge in [0.25, 0.3) is 5.91 Å². The van der Waals surface area contributed by atoms with E-state index >= 15 is 0 Å². The van der Waals surface area contributed by atoms with Crippen molar-refractivity contribution in [1.82, 2.24) is 4.98 Å². The summed E-state index contributed by atoms with van der Waals surface area (Å²) in [5.41, 5.74) is 0.605. The number of thiazole rings is 1. The molecule has 0 atom stereocenters. The summed E-state index contributed by atoms with van der Waals surface area (Å²) in [7, 11) is 0. The first kappa shape index (κ1) is 13.8. The van der Waals surface area contributed by atoms with Crippen LogP contribution < -0.4 is 5.32 Å². The number of benzene rings is 1. The highest BCUT2D eigenvalue weighted by atomic mass is 79.9. The fraction of sp³-hybridized carbons (Fsp3) is 0.0833. The van der Waals surface area contributed by atoms with Crippen LogP contribution in [0.2, 0.25) is 0 Å². The summed E-state index contributed by atoms with van der Waals surface area (Å²) >= 11 is 4.17. The van der Waals surface area contributed by atoms with Crippen molar-refractivity contribution in [3.8, 4) is 0 Å². The minimum atomic E-state index is -0.440. The van der Waals surface area contributed by atoms with Crippen LogP contribution >= 0.6 is 27.3 Å². The lowest BCUT2D eigenvalue weighted by molar-refractivity contribution is 0.100. The van der Waals surface area contributed by atoms with Gasteiger partial charge in [0.05, 0.1) is 4.47 Å². The topological polar surface area (TPSA) is 59.1 Å². The van der Waals surface area contributed by atoms with E-state index in [9.17, 15) is 14.0 Å². The first-order valence-electron chi connectivity index (χ1n) is 5.20. The van der Waals surface area contributed by atoms with Crippen LogP contribution in [0.25, 0.3) is 0 Å². The van der Waals surface area contributed by atoms with Gasteiger partial charge in [-0.15, -0.1) is 11.3 Å². The maximum absolute atomic E-state index is 13.1. The molecule has 0 bridgehead atoms. The van der Waals surface area contributed by atoms with Crippen LogP contribution in [-0.4, -0.2) is 16.7 Å². The van der Waals surface area contributed by atoms with E-state index < -0.39 is 11.7 Å². The molecule has 19 heavy (non-hydrogen) atoms. The summed E-state index contributed by atoms with van der Waals surface area (Å²) in [6.45, 7) is 1.40. The minimum Gasteiger partial charge on any atom is -0.298 e. The number of Topliss-reactive ketones (excluding diaryl/α,β-unsaturated/α-hetero) is 1. The molecule has 0 fully saturated rings. The van der Waals surface area contributed by atoms with Gasteiger partial charge in [0.2, 0.25) is 0 Å². The van der Waals surface area contributed by atoms with E-state index in [-0.39, 0.29) is 10.3 Å². The second kappa shape index (κ2) is 5.58. The lowest BCUT2D eigenvalue weighted by Crippen LogP contribution is -2.12. The van der Waals surface area contributed by atoms with Gasteiger partial charge >= 0.3 is 0 Å².